The van der Waals surface area contributed by atoms with Gasteiger partial charge in [-0.2, -0.15) is 0 Å². The molecule has 112 valence electrons. The highest BCUT2D eigenvalue weighted by molar-refractivity contribution is 6.30. The van der Waals surface area contributed by atoms with Crippen molar-refractivity contribution in [3.63, 3.8) is 0 Å². The first-order chi connectivity index (χ1) is 9.54. The number of benzene rings is 1. The lowest BCUT2D eigenvalue weighted by Gasteiger charge is -2.21. The van der Waals surface area contributed by atoms with Gasteiger partial charge < -0.3 is 15.4 Å². The number of ether oxygens (including phenoxy) is 1. The normalized spacial score (nSPS) is 12.0. The van der Waals surface area contributed by atoms with Crippen LogP contribution in [0.2, 0.25) is 5.02 Å². The largest absolute Gasteiger partial charge is 0.492 e. The van der Waals surface area contributed by atoms with Crippen molar-refractivity contribution in [2.75, 3.05) is 20.2 Å². The van der Waals surface area contributed by atoms with Crippen LogP contribution >= 0.6 is 11.6 Å². The molecule has 20 heavy (non-hydrogen) atoms. The molecule has 0 aliphatic carbocycles. The Balaban J connectivity index is 2.32. The van der Waals surface area contributed by atoms with Gasteiger partial charge in [-0.3, -0.25) is 4.79 Å². The van der Waals surface area contributed by atoms with Crippen LogP contribution in [0.4, 0.5) is 0 Å². The van der Waals surface area contributed by atoms with Gasteiger partial charge in [0, 0.05) is 12.1 Å². The zero-order chi connectivity index (χ0) is 15.0. The highest BCUT2D eigenvalue weighted by Crippen LogP contribution is 2.16. The predicted molar refractivity (Wildman–Crippen MR) is 82.1 cm³/mol. The van der Waals surface area contributed by atoms with E-state index in [0.29, 0.717) is 23.9 Å². The molecule has 0 saturated carbocycles. The molecule has 0 saturated heterocycles. The van der Waals surface area contributed by atoms with Gasteiger partial charge in [-0.05, 0) is 24.6 Å². The molecule has 1 rings (SSSR count). The van der Waals surface area contributed by atoms with Crippen molar-refractivity contribution in [1.29, 1.82) is 0 Å². The van der Waals surface area contributed by atoms with Crippen LogP contribution in [0.25, 0.3) is 0 Å². The Bertz CT molecular complexity index is 426. The maximum atomic E-state index is 12.0. The number of amides is 1. The standard InChI is InChI=1S/C15H23ClN2O2/c1-3-4-8-14(17)15(19)18(2)9-10-20-13-7-5-6-12(16)11-13/h5-7,11,14H,3-4,8-10,17H2,1-2H3. The van der Waals surface area contributed by atoms with Crippen LogP contribution in [0.3, 0.4) is 0 Å². The van der Waals surface area contributed by atoms with Gasteiger partial charge >= 0.3 is 0 Å². The maximum absolute atomic E-state index is 12.0. The number of unbranched alkanes of at least 4 members (excludes halogenated alkanes) is 1. The molecule has 1 aromatic carbocycles. The lowest BCUT2D eigenvalue weighted by molar-refractivity contribution is -0.131. The van der Waals surface area contributed by atoms with Gasteiger partial charge in [0.15, 0.2) is 0 Å². The molecule has 2 N–H and O–H groups in total. The number of halogens is 1. The summed E-state index contributed by atoms with van der Waals surface area (Å²) >= 11 is 5.87. The van der Waals surface area contributed by atoms with Crippen molar-refractivity contribution in [3.8, 4) is 5.75 Å². The summed E-state index contributed by atoms with van der Waals surface area (Å²) in [6.07, 6.45) is 2.75. The molecule has 4 nitrogen and oxygen atoms in total. The van der Waals surface area contributed by atoms with Crippen molar-refractivity contribution < 1.29 is 9.53 Å². The van der Waals surface area contributed by atoms with Gasteiger partial charge in [-0.1, -0.05) is 37.4 Å². The highest BCUT2D eigenvalue weighted by Gasteiger charge is 2.17. The number of carbonyl (C=O) groups excluding carboxylic acids is 1. The summed E-state index contributed by atoms with van der Waals surface area (Å²) in [5, 5.41) is 0.633. The summed E-state index contributed by atoms with van der Waals surface area (Å²) in [5.74, 6) is 0.668. The zero-order valence-electron chi connectivity index (χ0n) is 12.1. The molecular formula is C15H23ClN2O2. The van der Waals surface area contributed by atoms with Crippen LogP contribution in [-0.4, -0.2) is 37.0 Å². The molecule has 1 amide bonds. The van der Waals surface area contributed by atoms with Crippen molar-refractivity contribution in [1.82, 2.24) is 4.90 Å². The quantitative estimate of drug-likeness (QED) is 0.803. The predicted octanol–water partition coefficient (Wildman–Crippen LogP) is 2.69. The summed E-state index contributed by atoms with van der Waals surface area (Å²) in [6.45, 7) is 3.01. The zero-order valence-corrected chi connectivity index (χ0v) is 12.9. The number of hydrogen-bond acceptors (Lipinski definition) is 3. The minimum atomic E-state index is -0.411. The van der Waals surface area contributed by atoms with E-state index in [2.05, 4.69) is 6.92 Å². The summed E-state index contributed by atoms with van der Waals surface area (Å²) in [5.41, 5.74) is 5.86. The Labute approximate surface area is 125 Å². The molecule has 0 bridgehead atoms. The summed E-state index contributed by atoms with van der Waals surface area (Å²) in [6, 6.07) is 6.78. The fourth-order valence-electron chi connectivity index (χ4n) is 1.80. The monoisotopic (exact) mass is 298 g/mol. The lowest BCUT2D eigenvalue weighted by Crippen LogP contribution is -2.43. The Kier molecular flexibility index (Phi) is 7.41. The van der Waals surface area contributed by atoms with Gasteiger partial charge in [0.25, 0.3) is 0 Å². The Morgan fingerprint density at radius 1 is 1.50 bits per heavy atom. The van der Waals surface area contributed by atoms with E-state index in [1.54, 1.807) is 24.1 Å². The molecule has 0 spiro atoms. The Morgan fingerprint density at radius 2 is 2.25 bits per heavy atom. The van der Waals surface area contributed by atoms with E-state index >= 15 is 0 Å². The number of likely N-dealkylation sites (N-methyl/N-ethyl adjacent to an activating group) is 1. The van der Waals surface area contributed by atoms with Crippen molar-refractivity contribution >= 4 is 17.5 Å². The molecule has 0 fully saturated rings. The second-order valence-corrected chi connectivity index (χ2v) is 5.25. The molecule has 0 heterocycles. The third-order valence-corrected chi connectivity index (χ3v) is 3.29. The van der Waals surface area contributed by atoms with Crippen LogP contribution in [0.5, 0.6) is 5.75 Å². The number of nitrogens with two attached hydrogens (primary N) is 1. The van der Waals surface area contributed by atoms with E-state index in [1.807, 2.05) is 12.1 Å². The molecule has 0 aromatic heterocycles. The average Bonchev–Trinajstić information content (AvgIpc) is 2.43. The van der Waals surface area contributed by atoms with Crippen LogP contribution in [0.1, 0.15) is 26.2 Å². The van der Waals surface area contributed by atoms with Crippen LogP contribution in [-0.2, 0) is 4.79 Å². The molecule has 1 unspecified atom stereocenters. The van der Waals surface area contributed by atoms with Crippen LogP contribution in [0, 0.1) is 0 Å². The second-order valence-electron chi connectivity index (χ2n) is 4.81. The molecular weight excluding hydrogens is 276 g/mol. The van der Waals surface area contributed by atoms with E-state index in [9.17, 15) is 4.79 Å². The minimum absolute atomic E-state index is 0.0341. The van der Waals surface area contributed by atoms with E-state index < -0.39 is 6.04 Å². The fourth-order valence-corrected chi connectivity index (χ4v) is 1.98. The molecule has 1 atom stereocenters. The molecule has 0 aliphatic heterocycles. The van der Waals surface area contributed by atoms with E-state index in [-0.39, 0.29) is 5.91 Å². The first kappa shape index (κ1) is 16.8. The number of nitrogens with zero attached hydrogens (tertiary/aromatic N) is 1. The van der Waals surface area contributed by atoms with Gasteiger partial charge in [-0.15, -0.1) is 0 Å². The number of hydrogen-bond donors (Lipinski definition) is 1. The van der Waals surface area contributed by atoms with Gasteiger partial charge in [0.1, 0.15) is 12.4 Å². The maximum Gasteiger partial charge on any atom is 0.239 e. The third kappa shape index (κ3) is 5.80. The SMILES string of the molecule is CCCCC(N)C(=O)N(C)CCOc1cccc(Cl)c1. The van der Waals surface area contributed by atoms with E-state index in [0.717, 1.165) is 19.3 Å². The second kappa shape index (κ2) is 8.82. The van der Waals surface area contributed by atoms with E-state index in [1.165, 1.54) is 0 Å². The van der Waals surface area contributed by atoms with Gasteiger partial charge in [0.2, 0.25) is 5.91 Å². The molecule has 1 aromatic rings. The fraction of sp³-hybridized carbons (Fsp3) is 0.533. The smallest absolute Gasteiger partial charge is 0.239 e. The van der Waals surface area contributed by atoms with Crippen LogP contribution < -0.4 is 10.5 Å². The molecule has 0 radical (unpaired) electrons. The first-order valence-electron chi connectivity index (χ1n) is 6.93. The Morgan fingerprint density at radius 3 is 2.90 bits per heavy atom. The molecule has 0 aliphatic rings. The first-order valence-corrected chi connectivity index (χ1v) is 7.31. The summed E-state index contributed by atoms with van der Waals surface area (Å²) in [4.78, 5) is 13.6. The summed E-state index contributed by atoms with van der Waals surface area (Å²) < 4.78 is 5.55. The number of rotatable bonds is 8. The lowest BCUT2D eigenvalue weighted by atomic mass is 10.1. The van der Waals surface area contributed by atoms with Gasteiger partial charge in [0.05, 0.1) is 12.6 Å². The minimum Gasteiger partial charge on any atom is -0.492 e. The number of carbonyl (C=O) groups is 1. The topological polar surface area (TPSA) is 55.6 Å². The van der Waals surface area contributed by atoms with Crippen molar-refractivity contribution in [2.45, 2.75) is 32.2 Å². The molecule has 5 heteroatoms. The summed E-state index contributed by atoms with van der Waals surface area (Å²) in [7, 11) is 1.75. The van der Waals surface area contributed by atoms with Crippen molar-refractivity contribution in [3.05, 3.63) is 29.3 Å². The average molecular weight is 299 g/mol. The Hall–Kier alpha value is -1.26. The third-order valence-electron chi connectivity index (χ3n) is 3.05. The van der Waals surface area contributed by atoms with E-state index in [4.69, 9.17) is 22.1 Å². The van der Waals surface area contributed by atoms with Crippen molar-refractivity contribution in [2.24, 2.45) is 5.73 Å². The van der Waals surface area contributed by atoms with Crippen LogP contribution in [0.15, 0.2) is 24.3 Å². The highest BCUT2D eigenvalue weighted by atomic mass is 35.5. The van der Waals surface area contributed by atoms with Gasteiger partial charge in [-0.25, -0.2) is 0 Å².